The summed E-state index contributed by atoms with van der Waals surface area (Å²) in [5.74, 6) is 0. The van der Waals surface area contributed by atoms with Gasteiger partial charge in [-0.1, -0.05) is 30.3 Å². The molecule has 1 aromatic heterocycles. The van der Waals surface area contributed by atoms with Crippen molar-refractivity contribution in [3.63, 3.8) is 0 Å². The predicted molar refractivity (Wildman–Crippen MR) is 86.8 cm³/mol. The molecule has 0 atom stereocenters. The van der Waals surface area contributed by atoms with Crippen molar-refractivity contribution in [1.29, 1.82) is 0 Å². The van der Waals surface area contributed by atoms with E-state index in [-0.39, 0.29) is 12.6 Å². The number of aliphatic hydroxyl groups is 1. The van der Waals surface area contributed by atoms with Gasteiger partial charge in [0.25, 0.3) is 0 Å². The molecular weight excluding hydrogens is 292 g/mol. The van der Waals surface area contributed by atoms with Gasteiger partial charge in [-0.05, 0) is 18.4 Å². The van der Waals surface area contributed by atoms with Crippen molar-refractivity contribution < 1.29 is 9.90 Å². The van der Waals surface area contributed by atoms with Crippen molar-refractivity contribution in [2.24, 2.45) is 0 Å². The van der Waals surface area contributed by atoms with Gasteiger partial charge in [-0.3, -0.25) is 4.68 Å². The molecule has 1 aromatic carbocycles. The first-order valence-electron chi connectivity index (χ1n) is 7.96. The number of hydrogen-bond acceptors (Lipinski definition) is 3. The van der Waals surface area contributed by atoms with E-state index in [9.17, 15) is 9.90 Å². The maximum absolute atomic E-state index is 12.2. The molecule has 1 aliphatic rings. The number of urea groups is 1. The van der Waals surface area contributed by atoms with Crippen LogP contribution in [0.1, 0.15) is 24.0 Å². The summed E-state index contributed by atoms with van der Waals surface area (Å²) in [6.45, 7) is 1.43. The molecule has 0 bridgehead atoms. The van der Waals surface area contributed by atoms with E-state index in [4.69, 9.17) is 0 Å². The van der Waals surface area contributed by atoms with Crippen LogP contribution in [-0.2, 0) is 13.1 Å². The number of aromatic nitrogens is 2. The number of nitrogens with zero attached hydrogens (tertiary/aromatic N) is 3. The minimum absolute atomic E-state index is 0.0454. The molecule has 2 N–H and O–H groups in total. The van der Waals surface area contributed by atoms with Crippen molar-refractivity contribution >= 4 is 6.03 Å². The van der Waals surface area contributed by atoms with Crippen LogP contribution >= 0.6 is 0 Å². The smallest absolute Gasteiger partial charge is 0.317 e. The highest BCUT2D eigenvalue weighted by Gasteiger charge is 2.25. The van der Waals surface area contributed by atoms with Crippen molar-refractivity contribution in [1.82, 2.24) is 20.0 Å². The number of carbonyl (C=O) groups is 1. The molecule has 2 amide bonds. The second-order valence-corrected chi connectivity index (χ2v) is 5.90. The molecular formula is C17H22N4O2. The van der Waals surface area contributed by atoms with Crippen LogP contribution in [0.3, 0.4) is 0 Å². The van der Waals surface area contributed by atoms with E-state index in [2.05, 4.69) is 22.5 Å². The highest BCUT2D eigenvalue weighted by molar-refractivity contribution is 5.74. The molecule has 1 heterocycles. The monoisotopic (exact) mass is 314 g/mol. The molecule has 1 fully saturated rings. The second-order valence-electron chi connectivity index (χ2n) is 5.90. The summed E-state index contributed by atoms with van der Waals surface area (Å²) in [5.41, 5.74) is 2.14. The molecule has 1 saturated carbocycles. The Balaban J connectivity index is 1.60. The van der Waals surface area contributed by atoms with Crippen LogP contribution in [0.4, 0.5) is 4.79 Å². The van der Waals surface area contributed by atoms with Crippen LogP contribution in [0.25, 0.3) is 0 Å². The van der Waals surface area contributed by atoms with Gasteiger partial charge in [0.1, 0.15) is 0 Å². The van der Waals surface area contributed by atoms with Crippen molar-refractivity contribution in [3.8, 4) is 0 Å². The van der Waals surface area contributed by atoms with E-state index in [1.54, 1.807) is 11.1 Å². The largest absolute Gasteiger partial charge is 0.395 e. The molecule has 0 radical (unpaired) electrons. The summed E-state index contributed by atoms with van der Waals surface area (Å²) in [5, 5.41) is 16.5. The zero-order valence-corrected chi connectivity index (χ0v) is 13.1. The van der Waals surface area contributed by atoms with Gasteiger partial charge in [0.15, 0.2) is 0 Å². The summed E-state index contributed by atoms with van der Waals surface area (Å²) in [6.07, 6.45) is 5.82. The van der Waals surface area contributed by atoms with E-state index in [1.165, 1.54) is 5.56 Å². The summed E-state index contributed by atoms with van der Waals surface area (Å²) < 4.78 is 1.86. The number of carbonyl (C=O) groups excluding carboxylic acids is 1. The van der Waals surface area contributed by atoms with Crippen molar-refractivity contribution in [2.45, 2.75) is 32.0 Å². The first-order chi connectivity index (χ1) is 11.2. The predicted octanol–water partition coefficient (Wildman–Crippen LogP) is 1.60. The maximum Gasteiger partial charge on any atom is 0.317 e. The Morgan fingerprint density at radius 3 is 2.78 bits per heavy atom. The van der Waals surface area contributed by atoms with Crippen molar-refractivity contribution in [2.75, 3.05) is 13.2 Å². The third kappa shape index (κ3) is 4.56. The van der Waals surface area contributed by atoms with E-state index in [1.807, 2.05) is 29.1 Å². The van der Waals surface area contributed by atoms with E-state index >= 15 is 0 Å². The lowest BCUT2D eigenvalue weighted by Crippen LogP contribution is -2.41. The maximum atomic E-state index is 12.2. The molecule has 0 aliphatic heterocycles. The molecule has 23 heavy (non-hydrogen) atoms. The lowest BCUT2D eigenvalue weighted by molar-refractivity contribution is 0.173. The number of amides is 2. The van der Waals surface area contributed by atoms with Crippen LogP contribution in [0.15, 0.2) is 42.7 Å². The highest BCUT2D eigenvalue weighted by Crippen LogP contribution is 2.19. The summed E-state index contributed by atoms with van der Waals surface area (Å²) in [7, 11) is 0. The van der Waals surface area contributed by atoms with Gasteiger partial charge in [0.2, 0.25) is 0 Å². The molecule has 0 spiro atoms. The van der Waals surface area contributed by atoms with Crippen LogP contribution in [0, 0.1) is 0 Å². The Morgan fingerprint density at radius 1 is 1.30 bits per heavy atom. The summed E-state index contributed by atoms with van der Waals surface area (Å²) >= 11 is 0. The summed E-state index contributed by atoms with van der Waals surface area (Å²) in [6, 6.07) is 10.3. The van der Waals surface area contributed by atoms with E-state index in [0.29, 0.717) is 25.7 Å². The quantitative estimate of drug-likeness (QED) is 0.815. The zero-order chi connectivity index (χ0) is 16.1. The molecule has 6 nitrogen and oxygen atoms in total. The molecule has 122 valence electrons. The number of benzene rings is 1. The van der Waals surface area contributed by atoms with Crippen molar-refractivity contribution in [3.05, 3.63) is 53.9 Å². The Hall–Kier alpha value is -2.34. The number of aliphatic hydroxyl groups excluding tert-OH is 1. The van der Waals surface area contributed by atoms with Crippen LogP contribution in [0.5, 0.6) is 0 Å². The van der Waals surface area contributed by atoms with Gasteiger partial charge >= 0.3 is 6.03 Å². The fourth-order valence-corrected chi connectivity index (χ4v) is 2.43. The van der Waals surface area contributed by atoms with E-state index in [0.717, 1.165) is 18.4 Å². The fraction of sp³-hybridized carbons (Fsp3) is 0.412. The normalized spacial score (nSPS) is 13.8. The summed E-state index contributed by atoms with van der Waals surface area (Å²) in [4.78, 5) is 13.8. The Labute approximate surface area is 135 Å². The minimum Gasteiger partial charge on any atom is -0.395 e. The lowest BCUT2D eigenvalue weighted by atomic mass is 10.2. The van der Waals surface area contributed by atoms with Gasteiger partial charge in [0.05, 0.1) is 25.9 Å². The average molecular weight is 314 g/mol. The third-order valence-electron chi connectivity index (χ3n) is 3.81. The number of nitrogens with one attached hydrogen (secondary N) is 1. The molecule has 2 aromatic rings. The molecule has 3 rings (SSSR count). The van der Waals surface area contributed by atoms with Crippen LogP contribution in [-0.4, -0.2) is 45.0 Å². The lowest BCUT2D eigenvalue weighted by Gasteiger charge is -2.21. The molecule has 0 saturated heterocycles. The second kappa shape index (κ2) is 7.28. The number of rotatable bonds is 7. The minimum atomic E-state index is -0.114. The van der Waals surface area contributed by atoms with Crippen LogP contribution < -0.4 is 5.32 Å². The average Bonchev–Trinajstić information content (AvgIpc) is 3.26. The standard InChI is InChI=1S/C17H22N4O2/c22-9-8-20(17(23)19-16-6-7-16)11-15-10-18-21(13-15)12-14-4-2-1-3-5-14/h1-5,10,13,16,22H,6-9,11-12H2,(H,19,23). The Bertz CT molecular complexity index is 637. The third-order valence-corrected chi connectivity index (χ3v) is 3.81. The zero-order valence-electron chi connectivity index (χ0n) is 13.1. The van der Waals surface area contributed by atoms with Gasteiger partial charge in [0, 0.05) is 24.3 Å². The highest BCUT2D eigenvalue weighted by atomic mass is 16.3. The van der Waals surface area contributed by atoms with Gasteiger partial charge in [-0.2, -0.15) is 5.10 Å². The SMILES string of the molecule is O=C(NC1CC1)N(CCO)Cc1cnn(Cc2ccccc2)c1. The molecule has 0 unspecified atom stereocenters. The fourth-order valence-electron chi connectivity index (χ4n) is 2.43. The van der Waals surface area contributed by atoms with Crippen LogP contribution in [0.2, 0.25) is 0 Å². The number of hydrogen-bond donors (Lipinski definition) is 2. The Kier molecular flexibility index (Phi) is 4.92. The van der Waals surface area contributed by atoms with Gasteiger partial charge < -0.3 is 15.3 Å². The molecule has 6 heteroatoms. The Morgan fingerprint density at radius 2 is 2.09 bits per heavy atom. The van der Waals surface area contributed by atoms with Gasteiger partial charge in [-0.25, -0.2) is 4.79 Å². The molecule has 1 aliphatic carbocycles. The topological polar surface area (TPSA) is 70.4 Å². The first-order valence-corrected chi connectivity index (χ1v) is 7.96. The first kappa shape index (κ1) is 15.6. The van der Waals surface area contributed by atoms with E-state index < -0.39 is 0 Å². The van der Waals surface area contributed by atoms with Gasteiger partial charge in [-0.15, -0.1) is 0 Å².